The van der Waals surface area contributed by atoms with Gasteiger partial charge in [-0.2, -0.15) is 0 Å². The molecule has 1 rings (SSSR count). The van der Waals surface area contributed by atoms with Crippen LogP contribution in [0.5, 0.6) is 5.75 Å². The van der Waals surface area contributed by atoms with E-state index < -0.39 is 0 Å². The van der Waals surface area contributed by atoms with E-state index >= 15 is 0 Å². The van der Waals surface area contributed by atoms with Crippen molar-refractivity contribution in [3.8, 4) is 5.75 Å². The van der Waals surface area contributed by atoms with Crippen LogP contribution in [0, 0.1) is 0 Å². The fourth-order valence-electron chi connectivity index (χ4n) is 1.62. The van der Waals surface area contributed by atoms with Crippen molar-refractivity contribution in [3.63, 3.8) is 0 Å². The van der Waals surface area contributed by atoms with E-state index in [0.29, 0.717) is 23.7 Å². The van der Waals surface area contributed by atoms with E-state index in [9.17, 15) is 9.59 Å². The summed E-state index contributed by atoms with van der Waals surface area (Å²) in [7, 11) is 1.51. The Morgan fingerprint density at radius 1 is 1.25 bits per heavy atom. The molecule has 6 heteroatoms. The lowest BCUT2D eigenvalue weighted by Gasteiger charge is -2.12. The lowest BCUT2D eigenvalue weighted by molar-refractivity contribution is -0.114. The van der Waals surface area contributed by atoms with Gasteiger partial charge in [0.25, 0.3) is 0 Å². The van der Waals surface area contributed by atoms with Crippen LogP contribution in [-0.2, 0) is 4.79 Å². The minimum atomic E-state index is -0.257. The van der Waals surface area contributed by atoms with Gasteiger partial charge in [0.1, 0.15) is 5.75 Å². The summed E-state index contributed by atoms with van der Waals surface area (Å²) in [6.07, 6.45) is 1.97. The van der Waals surface area contributed by atoms with Crippen LogP contribution >= 0.6 is 0 Å². The highest BCUT2D eigenvalue weighted by atomic mass is 16.5. The van der Waals surface area contributed by atoms with Crippen molar-refractivity contribution in [2.45, 2.75) is 26.7 Å². The molecule has 0 aromatic heterocycles. The third-order valence-electron chi connectivity index (χ3n) is 2.59. The second kappa shape index (κ2) is 8.04. The number of urea groups is 1. The zero-order valence-electron chi connectivity index (χ0n) is 12.1. The SMILES string of the molecule is CCCCNC(=O)Nc1ccc(NC(C)=O)c(OC)c1. The summed E-state index contributed by atoms with van der Waals surface area (Å²) in [4.78, 5) is 22.7. The van der Waals surface area contributed by atoms with Gasteiger partial charge in [-0.1, -0.05) is 13.3 Å². The first-order valence-corrected chi connectivity index (χ1v) is 6.57. The highest BCUT2D eigenvalue weighted by Gasteiger charge is 2.07. The Labute approximate surface area is 118 Å². The lowest BCUT2D eigenvalue weighted by Crippen LogP contribution is -2.29. The number of amides is 3. The third kappa shape index (κ3) is 5.17. The van der Waals surface area contributed by atoms with E-state index in [1.54, 1.807) is 18.2 Å². The molecule has 0 aliphatic rings. The zero-order valence-corrected chi connectivity index (χ0v) is 12.1. The van der Waals surface area contributed by atoms with Crippen molar-refractivity contribution in [3.05, 3.63) is 18.2 Å². The second-order valence-electron chi connectivity index (χ2n) is 4.33. The first kappa shape index (κ1) is 15.8. The van der Waals surface area contributed by atoms with Crippen LogP contribution in [0.15, 0.2) is 18.2 Å². The molecule has 0 saturated carbocycles. The highest BCUT2D eigenvalue weighted by molar-refractivity contribution is 5.93. The molecule has 3 amide bonds. The molecule has 0 aliphatic carbocycles. The number of rotatable bonds is 6. The van der Waals surface area contributed by atoms with Crippen LogP contribution in [0.4, 0.5) is 16.2 Å². The van der Waals surface area contributed by atoms with Crippen LogP contribution < -0.4 is 20.7 Å². The smallest absolute Gasteiger partial charge is 0.319 e. The molecule has 0 saturated heterocycles. The largest absolute Gasteiger partial charge is 0.494 e. The Bertz CT molecular complexity index is 475. The fourth-order valence-corrected chi connectivity index (χ4v) is 1.62. The number of hydrogen-bond acceptors (Lipinski definition) is 3. The maximum absolute atomic E-state index is 11.6. The number of nitrogens with one attached hydrogen (secondary N) is 3. The van der Waals surface area contributed by atoms with Crippen molar-refractivity contribution in [2.75, 3.05) is 24.3 Å². The number of anilines is 2. The van der Waals surface area contributed by atoms with Crippen molar-refractivity contribution in [1.82, 2.24) is 5.32 Å². The first-order chi connectivity index (χ1) is 9.56. The van der Waals surface area contributed by atoms with E-state index in [1.165, 1.54) is 14.0 Å². The van der Waals surface area contributed by atoms with Crippen molar-refractivity contribution >= 4 is 23.3 Å². The zero-order chi connectivity index (χ0) is 15.0. The standard InChI is InChI=1S/C14H21N3O3/c1-4-5-8-15-14(19)17-11-6-7-12(16-10(2)18)13(9-11)20-3/h6-7,9H,4-5,8H2,1-3H3,(H,16,18)(H2,15,17,19). The Kier molecular flexibility index (Phi) is 6.36. The molecule has 110 valence electrons. The topological polar surface area (TPSA) is 79.5 Å². The number of methoxy groups -OCH3 is 1. The number of carbonyl (C=O) groups excluding carboxylic acids is 2. The van der Waals surface area contributed by atoms with E-state index in [1.807, 2.05) is 0 Å². The molecule has 0 aliphatic heterocycles. The Balaban J connectivity index is 2.67. The van der Waals surface area contributed by atoms with Gasteiger partial charge in [-0.15, -0.1) is 0 Å². The number of hydrogen-bond donors (Lipinski definition) is 3. The van der Waals surface area contributed by atoms with E-state index in [-0.39, 0.29) is 11.9 Å². The predicted octanol–water partition coefficient (Wildman–Crippen LogP) is 2.58. The minimum Gasteiger partial charge on any atom is -0.494 e. The quantitative estimate of drug-likeness (QED) is 0.700. The molecule has 0 bridgehead atoms. The van der Waals surface area contributed by atoms with Gasteiger partial charge in [0.05, 0.1) is 12.8 Å². The Hall–Kier alpha value is -2.24. The van der Waals surface area contributed by atoms with Crippen molar-refractivity contribution < 1.29 is 14.3 Å². The van der Waals surface area contributed by atoms with Gasteiger partial charge in [-0.3, -0.25) is 4.79 Å². The van der Waals surface area contributed by atoms with Crippen molar-refractivity contribution in [2.24, 2.45) is 0 Å². The normalized spacial score (nSPS) is 9.75. The summed E-state index contributed by atoms with van der Waals surface area (Å²) in [5, 5.41) is 8.12. The summed E-state index contributed by atoms with van der Waals surface area (Å²) >= 11 is 0. The molecule has 0 unspecified atom stereocenters. The minimum absolute atomic E-state index is 0.179. The molecule has 0 heterocycles. The predicted molar refractivity (Wildman–Crippen MR) is 79.2 cm³/mol. The maximum atomic E-state index is 11.6. The molecule has 1 aromatic rings. The summed E-state index contributed by atoms with van der Waals surface area (Å²) in [5.41, 5.74) is 1.17. The number of carbonyl (C=O) groups is 2. The van der Waals surface area contributed by atoms with Gasteiger partial charge >= 0.3 is 6.03 Å². The van der Waals surface area contributed by atoms with Gasteiger partial charge in [0.15, 0.2) is 0 Å². The molecular formula is C14H21N3O3. The van der Waals surface area contributed by atoms with Crippen molar-refractivity contribution in [1.29, 1.82) is 0 Å². The van der Waals surface area contributed by atoms with Gasteiger partial charge in [-0.05, 0) is 18.6 Å². The first-order valence-electron chi connectivity index (χ1n) is 6.57. The maximum Gasteiger partial charge on any atom is 0.319 e. The van der Waals surface area contributed by atoms with Crippen LogP contribution in [0.1, 0.15) is 26.7 Å². The van der Waals surface area contributed by atoms with Crippen LogP contribution in [0.3, 0.4) is 0 Å². The molecule has 1 aromatic carbocycles. The molecule has 0 fully saturated rings. The van der Waals surface area contributed by atoms with Crippen LogP contribution in [0.25, 0.3) is 0 Å². The summed E-state index contributed by atoms with van der Waals surface area (Å²) in [6, 6.07) is 4.78. The highest BCUT2D eigenvalue weighted by Crippen LogP contribution is 2.27. The fraction of sp³-hybridized carbons (Fsp3) is 0.429. The van der Waals surface area contributed by atoms with E-state index in [0.717, 1.165) is 12.8 Å². The van der Waals surface area contributed by atoms with Gasteiger partial charge in [0.2, 0.25) is 5.91 Å². The summed E-state index contributed by atoms with van der Waals surface area (Å²) in [6.45, 7) is 4.13. The summed E-state index contributed by atoms with van der Waals surface area (Å²) < 4.78 is 5.18. The summed E-state index contributed by atoms with van der Waals surface area (Å²) in [5.74, 6) is 0.313. The third-order valence-corrected chi connectivity index (χ3v) is 2.59. The number of ether oxygens (including phenoxy) is 1. The second-order valence-corrected chi connectivity index (χ2v) is 4.33. The molecule has 20 heavy (non-hydrogen) atoms. The average Bonchev–Trinajstić information content (AvgIpc) is 2.40. The molecular weight excluding hydrogens is 258 g/mol. The lowest BCUT2D eigenvalue weighted by atomic mass is 10.2. The molecule has 0 atom stereocenters. The van der Waals surface area contributed by atoms with Gasteiger partial charge in [-0.25, -0.2) is 4.79 Å². The van der Waals surface area contributed by atoms with E-state index in [4.69, 9.17) is 4.74 Å². The average molecular weight is 279 g/mol. The Morgan fingerprint density at radius 3 is 2.60 bits per heavy atom. The van der Waals surface area contributed by atoms with Crippen LogP contribution in [-0.4, -0.2) is 25.6 Å². The number of benzene rings is 1. The van der Waals surface area contributed by atoms with E-state index in [2.05, 4.69) is 22.9 Å². The monoisotopic (exact) mass is 279 g/mol. The Morgan fingerprint density at radius 2 is 2.00 bits per heavy atom. The number of unbranched alkanes of at least 4 members (excludes halogenated alkanes) is 1. The molecule has 3 N–H and O–H groups in total. The molecule has 6 nitrogen and oxygen atoms in total. The van der Waals surface area contributed by atoms with Gasteiger partial charge in [0, 0.05) is 25.2 Å². The molecule has 0 radical (unpaired) electrons. The van der Waals surface area contributed by atoms with Gasteiger partial charge < -0.3 is 20.7 Å². The van der Waals surface area contributed by atoms with Crippen LogP contribution in [0.2, 0.25) is 0 Å². The molecule has 0 spiro atoms.